The second kappa shape index (κ2) is 4.00. The summed E-state index contributed by atoms with van der Waals surface area (Å²) in [5.41, 5.74) is 2.72. The standard InChI is InChI=1S/C7H13NO7/c8-7(6(13)14)5(12)3(11)4(15-7)2(10)1-9/h2-5,9-12H,1,8H2,(H,13,14)/t2-,3+,4-,5+,7-/m1/s1. The predicted octanol–water partition coefficient (Wildman–Crippen LogP) is -3.80. The van der Waals surface area contributed by atoms with E-state index in [2.05, 4.69) is 4.74 Å². The predicted molar refractivity (Wildman–Crippen MR) is 44.5 cm³/mol. The van der Waals surface area contributed by atoms with Gasteiger partial charge in [0.1, 0.15) is 24.4 Å². The molecule has 0 aromatic rings. The number of carboxylic acid groups (broad SMARTS) is 1. The molecule has 0 aromatic carbocycles. The summed E-state index contributed by atoms with van der Waals surface area (Å²) in [6.07, 6.45) is -6.50. The Labute approximate surface area is 84.5 Å². The number of nitrogens with two attached hydrogens (primary N) is 1. The number of aliphatic carboxylic acids is 1. The van der Waals surface area contributed by atoms with Crippen LogP contribution in [0.15, 0.2) is 0 Å². The largest absolute Gasteiger partial charge is 0.478 e. The number of hydrogen-bond donors (Lipinski definition) is 6. The summed E-state index contributed by atoms with van der Waals surface area (Å²) >= 11 is 0. The topological polar surface area (TPSA) is 153 Å². The second-order valence-corrected chi connectivity index (χ2v) is 3.37. The Balaban J connectivity index is 2.89. The third kappa shape index (κ3) is 1.83. The summed E-state index contributed by atoms with van der Waals surface area (Å²) in [4.78, 5) is 10.7. The minimum atomic E-state index is -2.47. The van der Waals surface area contributed by atoms with Crippen LogP contribution in [0.2, 0.25) is 0 Å². The lowest BCUT2D eigenvalue weighted by atomic mass is 10.0. The monoisotopic (exact) mass is 223 g/mol. The lowest BCUT2D eigenvalue weighted by molar-refractivity contribution is -0.177. The molecular formula is C7H13NO7. The molecule has 8 nitrogen and oxygen atoms in total. The van der Waals surface area contributed by atoms with Gasteiger partial charge in [0.25, 0.3) is 0 Å². The zero-order chi connectivity index (χ0) is 11.8. The van der Waals surface area contributed by atoms with E-state index in [0.29, 0.717) is 0 Å². The van der Waals surface area contributed by atoms with Crippen molar-refractivity contribution in [3.8, 4) is 0 Å². The van der Waals surface area contributed by atoms with Gasteiger partial charge in [-0.2, -0.15) is 0 Å². The van der Waals surface area contributed by atoms with E-state index in [9.17, 15) is 15.0 Å². The normalized spacial score (nSPS) is 42.9. The van der Waals surface area contributed by atoms with Gasteiger partial charge >= 0.3 is 5.97 Å². The van der Waals surface area contributed by atoms with Crippen LogP contribution in [0.4, 0.5) is 0 Å². The average molecular weight is 223 g/mol. The zero-order valence-electron chi connectivity index (χ0n) is 7.65. The molecule has 0 aromatic heterocycles. The first-order valence-electron chi connectivity index (χ1n) is 4.19. The molecule has 88 valence electrons. The number of aliphatic hydroxyl groups is 4. The van der Waals surface area contributed by atoms with Crippen LogP contribution in [0.1, 0.15) is 0 Å². The Morgan fingerprint density at radius 3 is 2.40 bits per heavy atom. The third-order valence-electron chi connectivity index (χ3n) is 2.33. The minimum absolute atomic E-state index is 0.746. The fourth-order valence-corrected chi connectivity index (χ4v) is 1.38. The van der Waals surface area contributed by atoms with E-state index >= 15 is 0 Å². The average Bonchev–Trinajstić information content (AvgIpc) is 2.43. The lowest BCUT2D eigenvalue weighted by Gasteiger charge is -2.22. The Hall–Kier alpha value is -0.770. The first-order valence-corrected chi connectivity index (χ1v) is 4.19. The molecule has 1 aliphatic rings. The van der Waals surface area contributed by atoms with Gasteiger partial charge in [0.05, 0.1) is 6.61 Å². The van der Waals surface area contributed by atoms with Crippen LogP contribution in [0.3, 0.4) is 0 Å². The Kier molecular flexibility index (Phi) is 3.28. The van der Waals surface area contributed by atoms with Crippen molar-refractivity contribution in [1.82, 2.24) is 0 Å². The van der Waals surface area contributed by atoms with Gasteiger partial charge in [0, 0.05) is 0 Å². The molecule has 0 amide bonds. The van der Waals surface area contributed by atoms with Crippen LogP contribution < -0.4 is 5.73 Å². The van der Waals surface area contributed by atoms with E-state index in [1.165, 1.54) is 0 Å². The van der Waals surface area contributed by atoms with Gasteiger partial charge in [-0.1, -0.05) is 0 Å². The summed E-state index contributed by atoms with van der Waals surface area (Å²) in [5.74, 6) is -1.67. The fraction of sp³-hybridized carbons (Fsp3) is 0.857. The summed E-state index contributed by atoms with van der Waals surface area (Å²) in [6, 6.07) is 0. The van der Waals surface area contributed by atoms with Crippen molar-refractivity contribution in [2.24, 2.45) is 5.73 Å². The molecule has 1 aliphatic heterocycles. The molecule has 1 rings (SSSR count). The molecular weight excluding hydrogens is 210 g/mol. The van der Waals surface area contributed by atoms with Gasteiger partial charge < -0.3 is 30.3 Å². The van der Waals surface area contributed by atoms with Crippen LogP contribution >= 0.6 is 0 Å². The first-order chi connectivity index (χ1) is 6.84. The molecule has 1 saturated heterocycles. The van der Waals surface area contributed by atoms with Crippen molar-refractivity contribution in [3.63, 3.8) is 0 Å². The highest BCUT2D eigenvalue weighted by atomic mass is 16.6. The van der Waals surface area contributed by atoms with Crippen molar-refractivity contribution in [2.45, 2.75) is 30.1 Å². The molecule has 0 aliphatic carbocycles. The van der Waals surface area contributed by atoms with E-state index < -0.39 is 42.7 Å². The number of carbonyl (C=O) groups is 1. The number of carboxylic acids is 1. The van der Waals surface area contributed by atoms with Gasteiger partial charge in [0.2, 0.25) is 5.72 Å². The molecule has 0 saturated carbocycles. The van der Waals surface area contributed by atoms with Crippen molar-refractivity contribution in [1.29, 1.82) is 0 Å². The summed E-state index contributed by atoms with van der Waals surface area (Å²) in [6.45, 7) is -0.746. The maximum atomic E-state index is 10.7. The van der Waals surface area contributed by atoms with Crippen molar-refractivity contribution < 1.29 is 35.1 Å². The molecule has 0 spiro atoms. The lowest BCUT2D eigenvalue weighted by Crippen LogP contribution is -2.57. The fourth-order valence-electron chi connectivity index (χ4n) is 1.38. The Bertz CT molecular complexity index is 260. The molecule has 0 radical (unpaired) electrons. The molecule has 8 heteroatoms. The molecule has 5 atom stereocenters. The van der Waals surface area contributed by atoms with Crippen LogP contribution in [0, 0.1) is 0 Å². The number of ether oxygens (including phenoxy) is 1. The van der Waals surface area contributed by atoms with Gasteiger partial charge in [-0.3, -0.25) is 5.73 Å². The van der Waals surface area contributed by atoms with E-state index in [1.54, 1.807) is 0 Å². The molecule has 1 fully saturated rings. The van der Waals surface area contributed by atoms with Crippen LogP contribution in [0.5, 0.6) is 0 Å². The number of aliphatic hydroxyl groups excluding tert-OH is 4. The highest BCUT2D eigenvalue weighted by molar-refractivity contribution is 5.78. The first kappa shape index (κ1) is 12.3. The smallest absolute Gasteiger partial charge is 0.354 e. The van der Waals surface area contributed by atoms with Crippen molar-refractivity contribution >= 4 is 5.97 Å². The molecule has 7 N–H and O–H groups in total. The number of hydrogen-bond acceptors (Lipinski definition) is 7. The Morgan fingerprint density at radius 2 is 2.07 bits per heavy atom. The van der Waals surface area contributed by atoms with Crippen molar-refractivity contribution in [3.05, 3.63) is 0 Å². The maximum Gasteiger partial charge on any atom is 0.354 e. The van der Waals surface area contributed by atoms with E-state index in [1.807, 2.05) is 0 Å². The van der Waals surface area contributed by atoms with Crippen LogP contribution in [0.25, 0.3) is 0 Å². The highest BCUT2D eigenvalue weighted by Gasteiger charge is 2.58. The van der Waals surface area contributed by atoms with Gasteiger partial charge in [-0.25, -0.2) is 4.79 Å². The van der Waals surface area contributed by atoms with E-state index in [0.717, 1.165) is 0 Å². The van der Waals surface area contributed by atoms with Crippen molar-refractivity contribution in [2.75, 3.05) is 6.61 Å². The quantitative estimate of drug-likeness (QED) is 0.285. The Morgan fingerprint density at radius 1 is 1.53 bits per heavy atom. The molecule has 0 bridgehead atoms. The summed E-state index contributed by atoms with van der Waals surface area (Å²) in [5, 5.41) is 45.1. The van der Waals surface area contributed by atoms with Gasteiger partial charge in [0.15, 0.2) is 0 Å². The SMILES string of the molecule is N[C@@]1(C(=O)O)O[C@H]([C@H](O)CO)[C@H](O)[C@@H]1O. The maximum absolute atomic E-state index is 10.7. The van der Waals surface area contributed by atoms with E-state index in [-0.39, 0.29) is 0 Å². The van der Waals surface area contributed by atoms with Crippen LogP contribution in [-0.2, 0) is 9.53 Å². The second-order valence-electron chi connectivity index (χ2n) is 3.37. The van der Waals surface area contributed by atoms with Crippen LogP contribution in [-0.4, -0.2) is 68.2 Å². The molecule has 1 heterocycles. The summed E-state index contributed by atoms with van der Waals surface area (Å²) < 4.78 is 4.66. The zero-order valence-corrected chi connectivity index (χ0v) is 7.65. The number of rotatable bonds is 3. The van der Waals surface area contributed by atoms with Gasteiger partial charge in [-0.15, -0.1) is 0 Å². The molecule has 0 unspecified atom stereocenters. The summed E-state index contributed by atoms with van der Waals surface area (Å²) in [7, 11) is 0. The highest BCUT2D eigenvalue weighted by Crippen LogP contribution is 2.29. The third-order valence-corrected chi connectivity index (χ3v) is 2.33. The van der Waals surface area contributed by atoms with E-state index in [4.69, 9.17) is 21.1 Å². The minimum Gasteiger partial charge on any atom is -0.478 e. The van der Waals surface area contributed by atoms with Gasteiger partial charge in [-0.05, 0) is 0 Å². The molecule has 15 heavy (non-hydrogen) atoms.